The van der Waals surface area contributed by atoms with Crippen molar-refractivity contribution < 1.29 is 4.42 Å². The average Bonchev–Trinajstić information content (AvgIpc) is 2.52. The molecular weight excluding hydrogens is 162 g/mol. The summed E-state index contributed by atoms with van der Waals surface area (Å²) in [6, 6.07) is 4.57. The highest BCUT2D eigenvalue weighted by Gasteiger charge is 2.21. The molecule has 0 unspecified atom stereocenters. The molecule has 2 heteroatoms. The highest BCUT2D eigenvalue weighted by Crippen LogP contribution is 2.27. The molecule has 1 aliphatic rings. The molecule has 13 heavy (non-hydrogen) atoms. The predicted molar refractivity (Wildman–Crippen MR) is 52.6 cm³/mol. The molecule has 0 aromatic carbocycles. The summed E-state index contributed by atoms with van der Waals surface area (Å²) in [4.78, 5) is 0. The lowest BCUT2D eigenvalue weighted by Gasteiger charge is -2.26. The van der Waals surface area contributed by atoms with Gasteiger partial charge in [0.25, 0.3) is 0 Å². The van der Waals surface area contributed by atoms with Crippen LogP contribution >= 0.6 is 0 Å². The monoisotopic (exact) mass is 179 g/mol. The Hall–Kier alpha value is -0.760. The van der Waals surface area contributed by atoms with Crippen LogP contribution in [0.5, 0.6) is 0 Å². The summed E-state index contributed by atoms with van der Waals surface area (Å²) < 4.78 is 5.61. The van der Waals surface area contributed by atoms with Crippen molar-refractivity contribution in [3.05, 3.63) is 23.7 Å². The molecule has 2 atom stereocenters. The lowest BCUT2D eigenvalue weighted by Crippen LogP contribution is -2.30. The SMILES string of the molecule is Cc1ccc([C@H]2C[C@H](C)CCN2)o1. The van der Waals surface area contributed by atoms with Crippen LogP contribution in [0.15, 0.2) is 16.5 Å². The van der Waals surface area contributed by atoms with E-state index in [1.165, 1.54) is 12.8 Å². The van der Waals surface area contributed by atoms with Gasteiger partial charge in [0.15, 0.2) is 0 Å². The Balaban J connectivity index is 2.08. The number of rotatable bonds is 1. The van der Waals surface area contributed by atoms with Gasteiger partial charge in [-0.3, -0.25) is 0 Å². The van der Waals surface area contributed by atoms with Crippen molar-refractivity contribution in [2.75, 3.05) is 6.54 Å². The van der Waals surface area contributed by atoms with Gasteiger partial charge < -0.3 is 9.73 Å². The third-order valence-corrected chi connectivity index (χ3v) is 2.77. The quantitative estimate of drug-likeness (QED) is 0.717. The molecule has 1 saturated heterocycles. The minimum absolute atomic E-state index is 0.442. The second-order valence-electron chi connectivity index (χ2n) is 4.08. The van der Waals surface area contributed by atoms with Gasteiger partial charge in [0, 0.05) is 0 Å². The van der Waals surface area contributed by atoms with Crippen molar-refractivity contribution in [3.63, 3.8) is 0 Å². The summed E-state index contributed by atoms with van der Waals surface area (Å²) >= 11 is 0. The highest BCUT2D eigenvalue weighted by atomic mass is 16.3. The van der Waals surface area contributed by atoms with Crippen LogP contribution in [-0.4, -0.2) is 6.54 Å². The highest BCUT2D eigenvalue weighted by molar-refractivity contribution is 5.10. The lowest BCUT2D eigenvalue weighted by molar-refractivity contribution is 0.287. The molecule has 0 radical (unpaired) electrons. The minimum Gasteiger partial charge on any atom is -0.465 e. The smallest absolute Gasteiger partial charge is 0.121 e. The third kappa shape index (κ3) is 1.94. The molecule has 0 bridgehead atoms. The third-order valence-electron chi connectivity index (χ3n) is 2.77. The first-order valence-electron chi connectivity index (χ1n) is 5.05. The van der Waals surface area contributed by atoms with Gasteiger partial charge in [0.2, 0.25) is 0 Å². The molecule has 2 rings (SSSR count). The maximum atomic E-state index is 5.61. The Bertz CT molecular complexity index is 279. The number of aryl methyl sites for hydroxylation is 1. The van der Waals surface area contributed by atoms with Crippen molar-refractivity contribution in [1.29, 1.82) is 0 Å². The number of nitrogens with one attached hydrogen (secondary N) is 1. The van der Waals surface area contributed by atoms with Gasteiger partial charge in [-0.15, -0.1) is 0 Å². The summed E-state index contributed by atoms with van der Waals surface area (Å²) in [6.07, 6.45) is 2.49. The van der Waals surface area contributed by atoms with Gasteiger partial charge in [0.05, 0.1) is 6.04 Å². The van der Waals surface area contributed by atoms with E-state index in [-0.39, 0.29) is 0 Å². The van der Waals surface area contributed by atoms with Crippen molar-refractivity contribution in [2.45, 2.75) is 32.7 Å². The molecule has 1 aromatic heterocycles. The topological polar surface area (TPSA) is 25.2 Å². The summed E-state index contributed by atoms with van der Waals surface area (Å²) in [6.45, 7) is 5.42. The largest absolute Gasteiger partial charge is 0.465 e. The van der Waals surface area contributed by atoms with Gasteiger partial charge in [-0.1, -0.05) is 6.92 Å². The Morgan fingerprint density at radius 3 is 2.92 bits per heavy atom. The number of hydrogen-bond donors (Lipinski definition) is 1. The van der Waals surface area contributed by atoms with E-state index < -0.39 is 0 Å². The molecule has 1 aromatic rings. The normalized spacial score (nSPS) is 29.1. The van der Waals surface area contributed by atoms with Crippen LogP contribution in [0.4, 0.5) is 0 Å². The molecule has 1 fully saturated rings. The van der Waals surface area contributed by atoms with E-state index >= 15 is 0 Å². The summed E-state index contributed by atoms with van der Waals surface area (Å²) in [5.74, 6) is 2.93. The van der Waals surface area contributed by atoms with Crippen LogP contribution in [0.25, 0.3) is 0 Å². The Morgan fingerprint density at radius 1 is 1.46 bits per heavy atom. The van der Waals surface area contributed by atoms with Crippen LogP contribution < -0.4 is 5.32 Å². The fourth-order valence-corrected chi connectivity index (χ4v) is 1.96. The summed E-state index contributed by atoms with van der Waals surface area (Å²) in [5.41, 5.74) is 0. The molecule has 72 valence electrons. The summed E-state index contributed by atoms with van der Waals surface area (Å²) in [5, 5.41) is 3.49. The van der Waals surface area contributed by atoms with E-state index in [1.807, 2.05) is 13.0 Å². The zero-order valence-electron chi connectivity index (χ0n) is 8.34. The molecule has 0 saturated carbocycles. The van der Waals surface area contributed by atoms with Crippen LogP contribution in [0.1, 0.15) is 37.3 Å². The van der Waals surface area contributed by atoms with Crippen molar-refractivity contribution in [3.8, 4) is 0 Å². The molecule has 2 heterocycles. The first-order chi connectivity index (χ1) is 6.25. The fraction of sp³-hybridized carbons (Fsp3) is 0.636. The van der Waals surface area contributed by atoms with E-state index in [9.17, 15) is 0 Å². The predicted octanol–water partition coefficient (Wildman–Crippen LogP) is 2.65. The van der Waals surface area contributed by atoms with Gasteiger partial charge in [-0.2, -0.15) is 0 Å². The van der Waals surface area contributed by atoms with Crippen molar-refractivity contribution >= 4 is 0 Å². The van der Waals surface area contributed by atoms with Crippen LogP contribution in [-0.2, 0) is 0 Å². The first-order valence-corrected chi connectivity index (χ1v) is 5.05. The molecule has 0 spiro atoms. The second-order valence-corrected chi connectivity index (χ2v) is 4.08. The molecular formula is C11H17NO. The summed E-state index contributed by atoms with van der Waals surface area (Å²) in [7, 11) is 0. The van der Waals surface area contributed by atoms with E-state index in [2.05, 4.69) is 18.3 Å². The van der Waals surface area contributed by atoms with E-state index in [1.54, 1.807) is 0 Å². The van der Waals surface area contributed by atoms with Crippen LogP contribution in [0.3, 0.4) is 0 Å². The van der Waals surface area contributed by atoms with Gasteiger partial charge in [0.1, 0.15) is 11.5 Å². The van der Waals surface area contributed by atoms with E-state index in [0.717, 1.165) is 24.0 Å². The van der Waals surface area contributed by atoms with Crippen molar-refractivity contribution in [2.24, 2.45) is 5.92 Å². The molecule has 2 nitrogen and oxygen atoms in total. The molecule has 0 aliphatic carbocycles. The zero-order chi connectivity index (χ0) is 9.26. The second kappa shape index (κ2) is 3.54. The minimum atomic E-state index is 0.442. The van der Waals surface area contributed by atoms with Crippen molar-refractivity contribution in [1.82, 2.24) is 5.32 Å². The number of furan rings is 1. The van der Waals surface area contributed by atoms with Crippen LogP contribution in [0.2, 0.25) is 0 Å². The van der Waals surface area contributed by atoms with Gasteiger partial charge >= 0.3 is 0 Å². The average molecular weight is 179 g/mol. The van der Waals surface area contributed by atoms with E-state index in [4.69, 9.17) is 4.42 Å². The number of hydrogen-bond acceptors (Lipinski definition) is 2. The van der Waals surface area contributed by atoms with Gasteiger partial charge in [-0.05, 0) is 44.4 Å². The maximum Gasteiger partial charge on any atom is 0.121 e. The molecule has 1 N–H and O–H groups in total. The Kier molecular flexibility index (Phi) is 2.40. The van der Waals surface area contributed by atoms with Crippen LogP contribution in [0, 0.1) is 12.8 Å². The lowest BCUT2D eigenvalue weighted by atomic mass is 9.93. The first kappa shape index (κ1) is 8.82. The van der Waals surface area contributed by atoms with Gasteiger partial charge in [-0.25, -0.2) is 0 Å². The maximum absolute atomic E-state index is 5.61. The molecule has 0 amide bonds. The fourth-order valence-electron chi connectivity index (χ4n) is 1.96. The Labute approximate surface area is 79.3 Å². The van der Waals surface area contributed by atoms with E-state index in [0.29, 0.717) is 6.04 Å². The Morgan fingerprint density at radius 2 is 2.31 bits per heavy atom. The zero-order valence-corrected chi connectivity index (χ0v) is 8.34. The number of piperidine rings is 1. The molecule has 1 aliphatic heterocycles. The standard InChI is InChI=1S/C11H17NO/c1-8-5-6-12-10(7-8)11-4-3-9(2)13-11/h3-4,8,10,12H,5-7H2,1-2H3/t8-,10-/m1/s1.